The van der Waals surface area contributed by atoms with Crippen molar-refractivity contribution in [3.05, 3.63) is 130 Å². The fourth-order valence-corrected chi connectivity index (χ4v) is 9.12. The van der Waals surface area contributed by atoms with Crippen molar-refractivity contribution in [3.63, 3.8) is 0 Å². The van der Waals surface area contributed by atoms with E-state index in [9.17, 15) is 14.4 Å². The highest BCUT2D eigenvalue weighted by Crippen LogP contribution is 2.43. The van der Waals surface area contributed by atoms with Gasteiger partial charge in [-0.05, 0) is 147 Å². The number of furan rings is 1. The quantitative estimate of drug-likeness (QED) is 0.0265. The molecule has 386 valence electrons. The molecule has 4 aromatic heterocycles. The lowest BCUT2D eigenvalue weighted by atomic mass is 9.98. The molecule has 5 heterocycles. The van der Waals surface area contributed by atoms with Gasteiger partial charge < -0.3 is 41.8 Å². The summed E-state index contributed by atoms with van der Waals surface area (Å²) in [5.74, 6) is 1.04. The van der Waals surface area contributed by atoms with Crippen LogP contribution in [0.3, 0.4) is 0 Å². The molecule has 9 N–H and O–H groups in total. The maximum Gasteiger partial charge on any atom is 0.290 e. The molecule has 6 aromatic rings. The summed E-state index contributed by atoms with van der Waals surface area (Å²) in [7, 11) is 0. The van der Waals surface area contributed by atoms with Crippen LogP contribution in [0.1, 0.15) is 118 Å². The molecule has 2 aromatic carbocycles. The summed E-state index contributed by atoms with van der Waals surface area (Å²) in [5.41, 5.74) is 14.7. The molecule has 3 fully saturated rings. The Hall–Kier alpha value is -7.81. The first kappa shape index (κ1) is 52.5. The van der Waals surface area contributed by atoms with Gasteiger partial charge in [0.2, 0.25) is 17.8 Å². The topological polar surface area (TPSA) is 284 Å². The Bertz CT molecular complexity index is 2970. The zero-order valence-corrected chi connectivity index (χ0v) is 42.0. The number of nitrogens with two attached hydrogens (primary N) is 1. The van der Waals surface area contributed by atoms with E-state index in [1.807, 2.05) is 55.6 Å². The van der Waals surface area contributed by atoms with Crippen molar-refractivity contribution >= 4 is 59.1 Å². The number of carbonyl (C=O) groups excluding carboxylic acids is 3. The number of carboxylic acid groups (broad SMARTS) is 1. The van der Waals surface area contributed by atoms with E-state index in [-0.39, 0.29) is 36.1 Å². The SMILES string of the molecule is Cc1c(NC(=O)c2cc(C3CC3)c(CNCCNC(=O)CCCNc3ncn[nH]c(-c4ccco4)nc(N)n3)cn2)cccc1-c1cccc(NC(=O)c2cc(C3CC3)c(CN3CCCCC3)cn2)c1Cl.O=CO. The predicted molar refractivity (Wildman–Crippen MR) is 282 cm³/mol. The number of rotatable bonds is 20. The third-order valence-electron chi connectivity index (χ3n) is 12.9. The van der Waals surface area contributed by atoms with E-state index < -0.39 is 0 Å². The first-order chi connectivity index (χ1) is 36.1. The minimum atomic E-state index is -0.318. The molecule has 3 amide bonds. The number of anilines is 4. The lowest BCUT2D eigenvalue weighted by Gasteiger charge is -2.27. The molecule has 21 heteroatoms. The molecule has 2 saturated carbocycles. The highest BCUT2D eigenvalue weighted by atomic mass is 35.5. The molecule has 0 atom stereocenters. The third-order valence-corrected chi connectivity index (χ3v) is 13.3. The zero-order valence-electron chi connectivity index (χ0n) is 41.2. The number of amides is 3. The second kappa shape index (κ2) is 25.7. The van der Waals surface area contributed by atoms with E-state index >= 15 is 0 Å². The largest absolute Gasteiger partial charge is 0.483 e. The average Bonchev–Trinajstić information content (AvgIpc) is 4.36. The number of likely N-dealkylation sites (tertiary alicyclic amines) is 1. The number of aromatic amines is 1. The Kier molecular flexibility index (Phi) is 18.3. The summed E-state index contributed by atoms with van der Waals surface area (Å²) in [5, 5.41) is 29.5. The van der Waals surface area contributed by atoms with E-state index in [1.165, 1.54) is 43.0 Å². The highest BCUT2D eigenvalue weighted by Gasteiger charge is 2.30. The predicted octanol–water partition coefficient (Wildman–Crippen LogP) is 8.02. The van der Waals surface area contributed by atoms with Crippen LogP contribution in [0.4, 0.5) is 23.3 Å². The molecule has 0 bridgehead atoms. The Morgan fingerprint density at radius 1 is 0.838 bits per heavy atom. The number of nitrogen functional groups attached to an aromatic ring is 1. The van der Waals surface area contributed by atoms with Crippen LogP contribution in [-0.2, 0) is 22.7 Å². The van der Waals surface area contributed by atoms with Crippen LogP contribution in [0, 0.1) is 6.92 Å². The smallest absolute Gasteiger partial charge is 0.290 e. The van der Waals surface area contributed by atoms with Gasteiger partial charge in [0.05, 0.1) is 17.0 Å². The molecule has 0 radical (unpaired) electrons. The van der Waals surface area contributed by atoms with Gasteiger partial charge in [-0.15, -0.1) is 0 Å². The summed E-state index contributed by atoms with van der Waals surface area (Å²) >= 11 is 7.05. The van der Waals surface area contributed by atoms with Gasteiger partial charge in [-0.25, -0.2) is 0 Å². The number of hydrogen-bond donors (Lipinski definition) is 8. The summed E-state index contributed by atoms with van der Waals surface area (Å²) in [6.45, 7) is 6.73. The van der Waals surface area contributed by atoms with Gasteiger partial charge in [-0.2, -0.15) is 20.1 Å². The number of carbonyl (C=O) groups is 4. The number of hydrogen-bond acceptors (Lipinski definition) is 15. The lowest BCUT2D eigenvalue weighted by molar-refractivity contribution is -0.123. The molecule has 0 unspecified atom stereocenters. The van der Waals surface area contributed by atoms with Crippen LogP contribution < -0.4 is 32.3 Å². The molecule has 20 nitrogen and oxygen atoms in total. The lowest BCUT2D eigenvalue weighted by Crippen LogP contribution is -2.32. The molecule has 1 saturated heterocycles. The number of piperidine rings is 1. The van der Waals surface area contributed by atoms with Crippen molar-refractivity contribution in [2.45, 2.75) is 89.6 Å². The van der Waals surface area contributed by atoms with Gasteiger partial charge >= 0.3 is 0 Å². The number of pyridine rings is 2. The number of halogens is 1. The second-order valence-electron chi connectivity index (χ2n) is 18.4. The van der Waals surface area contributed by atoms with E-state index in [4.69, 9.17) is 31.7 Å². The summed E-state index contributed by atoms with van der Waals surface area (Å²) in [6.07, 6.45) is 15.4. The van der Waals surface area contributed by atoms with Crippen molar-refractivity contribution in [3.8, 4) is 22.7 Å². The van der Waals surface area contributed by atoms with Gasteiger partial charge in [0, 0.05) is 62.8 Å². The third kappa shape index (κ3) is 14.4. The Morgan fingerprint density at radius 2 is 1.50 bits per heavy atom. The molecular weight excluding hydrogens is 964 g/mol. The average molecular weight is 1030 g/mol. The Labute approximate surface area is 433 Å². The summed E-state index contributed by atoms with van der Waals surface area (Å²) < 4.78 is 5.34. The van der Waals surface area contributed by atoms with Crippen LogP contribution in [0.15, 0.2) is 90.1 Å². The molecule has 2 aliphatic carbocycles. The van der Waals surface area contributed by atoms with Crippen molar-refractivity contribution in [1.29, 1.82) is 0 Å². The maximum atomic E-state index is 13.8. The molecule has 1 aliphatic heterocycles. The number of benzene rings is 2. The zero-order chi connectivity index (χ0) is 51.8. The molecule has 74 heavy (non-hydrogen) atoms. The monoisotopic (exact) mass is 1020 g/mol. The van der Waals surface area contributed by atoms with E-state index in [0.29, 0.717) is 90.2 Å². The Morgan fingerprint density at radius 3 is 2.19 bits per heavy atom. The number of nitrogens with zero attached hydrogens (tertiary/aromatic N) is 7. The van der Waals surface area contributed by atoms with Crippen molar-refractivity contribution in [2.75, 3.05) is 54.4 Å². The minimum Gasteiger partial charge on any atom is -0.483 e. The first-order valence-corrected chi connectivity index (χ1v) is 25.3. The van der Waals surface area contributed by atoms with Crippen LogP contribution in [0.2, 0.25) is 5.02 Å². The summed E-state index contributed by atoms with van der Waals surface area (Å²) in [4.78, 5) is 72.6. The van der Waals surface area contributed by atoms with Crippen LogP contribution in [0.25, 0.3) is 22.7 Å². The van der Waals surface area contributed by atoms with E-state index in [1.54, 1.807) is 24.4 Å². The fraction of sp³-hybridized carbons (Fsp3) is 0.358. The van der Waals surface area contributed by atoms with Gasteiger partial charge in [-0.1, -0.05) is 42.3 Å². The second-order valence-corrected chi connectivity index (χ2v) is 18.7. The first-order valence-electron chi connectivity index (χ1n) is 24.9. The fourth-order valence-electron chi connectivity index (χ4n) is 8.84. The highest BCUT2D eigenvalue weighted by molar-refractivity contribution is 6.36. The molecular formula is C53H61ClN14O6. The standard InChI is InChI=1S/C52H59ClN14O4.CH2O2/c1-32-37(38-10-6-12-42(47(38)53)63-50(70)44-26-40(34-17-18-34)36(29-59-44)30-67-22-3-2-4-23-67)9-5-11-41(32)62-49(69)43-25-39(33-15-16-33)35(28-58-43)27-55-20-21-56-46(68)14-7-19-57-52-60-31-61-66-48(64-51(54)65-52)45-13-8-24-71-45;2-1-3/h5-6,8-13,24-26,28-29,31,33-34,55H,2-4,7,14-23,27,30H2,1H3,(H,56,68)(H,62,69)(H,63,70)(H4,54,57,60,61,64,65,66);1H,(H,2,3). The van der Waals surface area contributed by atoms with Gasteiger partial charge in [0.1, 0.15) is 17.7 Å². The van der Waals surface area contributed by atoms with Gasteiger partial charge in [0.25, 0.3) is 18.3 Å². The number of aromatic nitrogens is 7. The number of nitrogens with one attached hydrogen (secondary N) is 6. The molecule has 0 spiro atoms. The van der Waals surface area contributed by atoms with Crippen molar-refractivity contribution in [1.82, 2.24) is 50.7 Å². The van der Waals surface area contributed by atoms with Crippen LogP contribution >= 0.6 is 11.6 Å². The van der Waals surface area contributed by atoms with Crippen molar-refractivity contribution in [2.24, 2.45) is 0 Å². The van der Waals surface area contributed by atoms with Gasteiger partial charge in [0.15, 0.2) is 11.6 Å². The van der Waals surface area contributed by atoms with Crippen molar-refractivity contribution < 1.29 is 28.7 Å². The molecule has 9 rings (SSSR count). The number of H-pyrrole nitrogens is 1. The van der Waals surface area contributed by atoms with Gasteiger partial charge in [-0.3, -0.25) is 39.1 Å². The van der Waals surface area contributed by atoms with Crippen LogP contribution in [-0.4, -0.2) is 102 Å². The normalized spacial score (nSPS) is 14.2. The van der Waals surface area contributed by atoms with Crippen LogP contribution in [0.5, 0.6) is 0 Å². The minimum absolute atomic E-state index is 0.0459. The van der Waals surface area contributed by atoms with E-state index in [0.717, 1.165) is 73.1 Å². The maximum absolute atomic E-state index is 13.8. The Balaban J connectivity index is 0.00000237. The molecule has 3 aliphatic rings. The summed E-state index contributed by atoms with van der Waals surface area (Å²) in [6, 6.07) is 18.5. The van der Waals surface area contributed by atoms with E-state index in [2.05, 4.69) is 66.6 Å².